The van der Waals surface area contributed by atoms with Crippen LogP contribution in [0.2, 0.25) is 5.02 Å². The van der Waals surface area contributed by atoms with Crippen LogP contribution in [-0.2, 0) is 10.2 Å². The van der Waals surface area contributed by atoms with Crippen LogP contribution < -0.4 is 11.1 Å². The van der Waals surface area contributed by atoms with Gasteiger partial charge in [-0.2, -0.15) is 0 Å². The lowest BCUT2D eigenvalue weighted by Gasteiger charge is -2.16. The third kappa shape index (κ3) is 2.25. The Kier molecular flexibility index (Phi) is 3.14. The van der Waals surface area contributed by atoms with Crippen LogP contribution in [0.1, 0.15) is 18.4 Å². The van der Waals surface area contributed by atoms with Crippen LogP contribution >= 0.6 is 11.6 Å². The zero-order valence-corrected chi connectivity index (χ0v) is 11.7. The first-order valence-electron chi connectivity index (χ1n) is 6.54. The molecule has 0 unspecified atom stereocenters. The third-order valence-electron chi connectivity index (χ3n) is 3.77. The van der Waals surface area contributed by atoms with Gasteiger partial charge < -0.3 is 11.1 Å². The largest absolute Gasteiger partial charge is 0.397 e. The van der Waals surface area contributed by atoms with Gasteiger partial charge in [-0.3, -0.25) is 4.79 Å². The van der Waals surface area contributed by atoms with Crippen molar-refractivity contribution < 1.29 is 4.79 Å². The molecule has 0 aliphatic heterocycles. The molecule has 0 atom stereocenters. The minimum absolute atomic E-state index is 0.00211. The number of halogens is 1. The van der Waals surface area contributed by atoms with Crippen molar-refractivity contribution >= 4 is 28.9 Å². The normalized spacial score (nSPS) is 15.7. The number of carbonyl (C=O) groups is 1. The van der Waals surface area contributed by atoms with E-state index >= 15 is 0 Å². The monoisotopic (exact) mass is 286 g/mol. The van der Waals surface area contributed by atoms with Gasteiger partial charge in [-0.1, -0.05) is 41.9 Å². The highest BCUT2D eigenvalue weighted by Gasteiger charge is 2.51. The van der Waals surface area contributed by atoms with Crippen molar-refractivity contribution in [3.63, 3.8) is 0 Å². The minimum atomic E-state index is -0.395. The van der Waals surface area contributed by atoms with Crippen molar-refractivity contribution in [3.05, 3.63) is 59.1 Å². The first-order valence-corrected chi connectivity index (χ1v) is 6.92. The van der Waals surface area contributed by atoms with Crippen molar-refractivity contribution in [1.82, 2.24) is 0 Å². The maximum atomic E-state index is 12.5. The number of hydrogen-bond acceptors (Lipinski definition) is 2. The molecule has 4 heteroatoms. The highest BCUT2D eigenvalue weighted by molar-refractivity contribution is 6.31. The first kappa shape index (κ1) is 13.0. The van der Waals surface area contributed by atoms with Crippen LogP contribution in [0.4, 0.5) is 11.4 Å². The van der Waals surface area contributed by atoms with E-state index in [1.807, 2.05) is 30.3 Å². The number of benzene rings is 2. The Morgan fingerprint density at radius 2 is 1.85 bits per heavy atom. The second-order valence-electron chi connectivity index (χ2n) is 5.13. The van der Waals surface area contributed by atoms with E-state index in [2.05, 4.69) is 5.32 Å². The molecule has 2 aromatic rings. The molecule has 1 aliphatic rings. The molecule has 0 spiro atoms. The number of rotatable bonds is 3. The number of nitrogen functional groups attached to an aromatic ring is 1. The van der Waals surface area contributed by atoms with Gasteiger partial charge in [0.25, 0.3) is 0 Å². The van der Waals surface area contributed by atoms with E-state index in [1.54, 1.807) is 18.2 Å². The van der Waals surface area contributed by atoms with Crippen molar-refractivity contribution in [1.29, 1.82) is 0 Å². The number of nitrogens with one attached hydrogen (secondary N) is 1. The molecule has 0 bridgehead atoms. The van der Waals surface area contributed by atoms with E-state index in [-0.39, 0.29) is 5.91 Å². The van der Waals surface area contributed by atoms with Crippen LogP contribution in [0.5, 0.6) is 0 Å². The van der Waals surface area contributed by atoms with E-state index in [9.17, 15) is 4.79 Å². The summed E-state index contributed by atoms with van der Waals surface area (Å²) in [5.41, 5.74) is 7.63. The second-order valence-corrected chi connectivity index (χ2v) is 5.57. The predicted molar refractivity (Wildman–Crippen MR) is 81.8 cm³/mol. The molecule has 0 aromatic heterocycles. The fraction of sp³-hybridized carbons (Fsp3) is 0.188. The fourth-order valence-corrected chi connectivity index (χ4v) is 2.60. The molecule has 3 rings (SSSR count). The SMILES string of the molecule is Nc1cc(Cl)ccc1NC(=O)C1(c2ccccc2)CC1. The average molecular weight is 287 g/mol. The molecule has 102 valence electrons. The van der Waals surface area contributed by atoms with Gasteiger partial charge in [0, 0.05) is 5.02 Å². The first-order chi connectivity index (χ1) is 9.62. The quantitative estimate of drug-likeness (QED) is 0.847. The van der Waals surface area contributed by atoms with Gasteiger partial charge in [-0.25, -0.2) is 0 Å². The molecule has 1 fully saturated rings. The summed E-state index contributed by atoms with van der Waals surface area (Å²) in [6.45, 7) is 0. The number of nitrogens with two attached hydrogens (primary N) is 1. The van der Waals surface area contributed by atoms with E-state index in [1.165, 1.54) is 0 Å². The number of amides is 1. The molecule has 1 aliphatic carbocycles. The number of hydrogen-bond donors (Lipinski definition) is 2. The lowest BCUT2D eigenvalue weighted by molar-refractivity contribution is -0.118. The van der Waals surface area contributed by atoms with Gasteiger partial charge in [0.05, 0.1) is 16.8 Å². The molecular formula is C16H15ClN2O. The lowest BCUT2D eigenvalue weighted by Crippen LogP contribution is -2.28. The maximum Gasteiger partial charge on any atom is 0.235 e. The zero-order chi connectivity index (χ0) is 14.2. The van der Waals surface area contributed by atoms with Crippen molar-refractivity contribution in [2.45, 2.75) is 18.3 Å². The van der Waals surface area contributed by atoms with Crippen LogP contribution in [0, 0.1) is 0 Å². The molecular weight excluding hydrogens is 272 g/mol. The Balaban J connectivity index is 1.83. The highest BCUT2D eigenvalue weighted by Crippen LogP contribution is 2.49. The lowest BCUT2D eigenvalue weighted by atomic mass is 9.95. The topological polar surface area (TPSA) is 55.1 Å². The maximum absolute atomic E-state index is 12.5. The summed E-state index contributed by atoms with van der Waals surface area (Å²) in [5, 5.41) is 3.48. The molecule has 2 aromatic carbocycles. The van der Waals surface area contributed by atoms with Crippen molar-refractivity contribution in [3.8, 4) is 0 Å². The van der Waals surface area contributed by atoms with E-state index < -0.39 is 5.41 Å². The summed E-state index contributed by atoms with van der Waals surface area (Å²) >= 11 is 5.86. The van der Waals surface area contributed by atoms with Gasteiger partial charge in [-0.05, 0) is 36.6 Å². The molecule has 3 nitrogen and oxygen atoms in total. The molecule has 20 heavy (non-hydrogen) atoms. The van der Waals surface area contributed by atoms with Crippen molar-refractivity contribution in [2.75, 3.05) is 11.1 Å². The van der Waals surface area contributed by atoms with Gasteiger partial charge in [0.1, 0.15) is 0 Å². The van der Waals surface area contributed by atoms with Gasteiger partial charge >= 0.3 is 0 Å². The fourth-order valence-electron chi connectivity index (χ4n) is 2.42. The van der Waals surface area contributed by atoms with Crippen LogP contribution in [0.25, 0.3) is 0 Å². The smallest absolute Gasteiger partial charge is 0.235 e. The zero-order valence-electron chi connectivity index (χ0n) is 10.9. The van der Waals surface area contributed by atoms with Crippen molar-refractivity contribution in [2.24, 2.45) is 0 Å². The highest BCUT2D eigenvalue weighted by atomic mass is 35.5. The Labute approximate surface area is 122 Å². The summed E-state index contributed by atoms with van der Waals surface area (Å²) in [7, 11) is 0. The second kappa shape index (κ2) is 4.84. The molecule has 0 saturated heterocycles. The molecule has 0 radical (unpaired) electrons. The van der Waals surface area contributed by atoms with Gasteiger partial charge in [0.2, 0.25) is 5.91 Å². The Hall–Kier alpha value is -2.00. The Bertz CT molecular complexity index is 651. The molecule has 1 amide bonds. The summed E-state index contributed by atoms with van der Waals surface area (Å²) in [6, 6.07) is 15.0. The van der Waals surface area contributed by atoms with E-state index in [0.29, 0.717) is 16.4 Å². The number of anilines is 2. The molecule has 3 N–H and O–H groups in total. The summed E-state index contributed by atoms with van der Waals surface area (Å²) in [6.07, 6.45) is 1.74. The van der Waals surface area contributed by atoms with Crippen LogP contribution in [0.3, 0.4) is 0 Å². The third-order valence-corrected chi connectivity index (χ3v) is 4.01. The summed E-state index contributed by atoms with van der Waals surface area (Å²) < 4.78 is 0. The van der Waals surface area contributed by atoms with Crippen LogP contribution in [0.15, 0.2) is 48.5 Å². The Morgan fingerprint density at radius 3 is 2.45 bits per heavy atom. The minimum Gasteiger partial charge on any atom is -0.397 e. The van der Waals surface area contributed by atoms with Gasteiger partial charge in [-0.15, -0.1) is 0 Å². The van der Waals surface area contributed by atoms with E-state index in [4.69, 9.17) is 17.3 Å². The number of carbonyl (C=O) groups excluding carboxylic acids is 1. The van der Waals surface area contributed by atoms with Gasteiger partial charge in [0.15, 0.2) is 0 Å². The summed E-state index contributed by atoms with van der Waals surface area (Å²) in [4.78, 5) is 12.5. The predicted octanol–water partition coefficient (Wildman–Crippen LogP) is 3.59. The molecule has 0 heterocycles. The van der Waals surface area contributed by atoms with Crippen LogP contribution in [-0.4, -0.2) is 5.91 Å². The Morgan fingerprint density at radius 1 is 1.15 bits per heavy atom. The van der Waals surface area contributed by atoms with E-state index in [0.717, 1.165) is 18.4 Å². The molecule has 1 saturated carbocycles. The summed E-state index contributed by atoms with van der Waals surface area (Å²) in [5.74, 6) is -0.00211. The average Bonchev–Trinajstić information content (AvgIpc) is 3.24. The standard InChI is InChI=1S/C16H15ClN2O/c17-12-6-7-14(13(18)10-12)19-15(20)16(8-9-16)11-4-2-1-3-5-11/h1-7,10H,8-9,18H2,(H,19,20).